The van der Waals surface area contributed by atoms with Crippen molar-refractivity contribution < 1.29 is 10.0 Å². The number of rotatable bonds is 4. The van der Waals surface area contributed by atoms with Gasteiger partial charge >= 0.3 is 0 Å². The minimum absolute atomic E-state index is 0.0905. The molecular weight excluding hydrogens is 381 g/mol. The fourth-order valence-corrected chi connectivity index (χ4v) is 2.03. The van der Waals surface area contributed by atoms with Crippen molar-refractivity contribution in [3.8, 4) is 0 Å². The smallest absolute Gasteiger partial charge is 0.253 e. The van der Waals surface area contributed by atoms with Gasteiger partial charge in [-0.3, -0.25) is 4.79 Å². The average Bonchev–Trinajstić information content (AvgIpc) is 2.39. The molecular formula is C12H15ClIN3O2. The van der Waals surface area contributed by atoms with E-state index >= 15 is 0 Å². The fraction of sp³-hybridized carbons (Fsp3) is 0.333. The van der Waals surface area contributed by atoms with E-state index in [1.54, 1.807) is 25.2 Å². The van der Waals surface area contributed by atoms with E-state index in [2.05, 4.69) is 27.7 Å². The number of amidine groups is 1. The van der Waals surface area contributed by atoms with Crippen molar-refractivity contribution in [3.63, 3.8) is 0 Å². The summed E-state index contributed by atoms with van der Waals surface area (Å²) in [6.45, 7) is 1.82. The van der Waals surface area contributed by atoms with Crippen LogP contribution in [0.15, 0.2) is 23.4 Å². The van der Waals surface area contributed by atoms with E-state index in [-0.39, 0.29) is 17.8 Å². The molecule has 1 rings (SSSR count). The van der Waals surface area contributed by atoms with Crippen molar-refractivity contribution >= 4 is 45.9 Å². The van der Waals surface area contributed by atoms with E-state index in [9.17, 15) is 4.79 Å². The van der Waals surface area contributed by atoms with Crippen LogP contribution in [0.1, 0.15) is 23.7 Å². The second kappa shape index (κ2) is 6.95. The number of nitrogens with two attached hydrogens (primary N) is 1. The van der Waals surface area contributed by atoms with Crippen LogP contribution in [0.4, 0.5) is 0 Å². The zero-order chi connectivity index (χ0) is 14.6. The summed E-state index contributed by atoms with van der Waals surface area (Å²) in [6, 6.07) is 4.97. The molecule has 3 N–H and O–H groups in total. The summed E-state index contributed by atoms with van der Waals surface area (Å²) >= 11 is 8.10. The summed E-state index contributed by atoms with van der Waals surface area (Å²) in [5, 5.41) is 12.0. The molecule has 1 aromatic carbocycles. The van der Waals surface area contributed by atoms with Crippen molar-refractivity contribution in [2.24, 2.45) is 10.9 Å². The lowest BCUT2D eigenvalue weighted by Crippen LogP contribution is -2.37. The molecule has 104 valence electrons. The topological polar surface area (TPSA) is 78.9 Å². The molecule has 5 nitrogen and oxygen atoms in total. The summed E-state index contributed by atoms with van der Waals surface area (Å²) in [7, 11) is 1.67. The van der Waals surface area contributed by atoms with E-state index in [1.165, 1.54) is 4.90 Å². The highest BCUT2D eigenvalue weighted by atomic mass is 127. The second-order valence-electron chi connectivity index (χ2n) is 4.19. The summed E-state index contributed by atoms with van der Waals surface area (Å²) in [5.74, 6) is -0.0654. The Morgan fingerprint density at radius 1 is 1.63 bits per heavy atom. The third-order valence-electron chi connectivity index (χ3n) is 2.78. The molecule has 0 saturated heterocycles. The molecule has 7 heteroatoms. The van der Waals surface area contributed by atoms with Gasteiger partial charge in [-0.1, -0.05) is 16.8 Å². The predicted molar refractivity (Wildman–Crippen MR) is 83.8 cm³/mol. The van der Waals surface area contributed by atoms with E-state index in [0.717, 1.165) is 3.57 Å². The molecule has 0 heterocycles. The average molecular weight is 396 g/mol. The molecule has 0 aromatic heterocycles. The Labute approximate surface area is 130 Å². The van der Waals surface area contributed by atoms with Gasteiger partial charge in [0.2, 0.25) is 0 Å². The first-order chi connectivity index (χ1) is 8.86. The van der Waals surface area contributed by atoms with Crippen molar-refractivity contribution in [3.05, 3.63) is 32.4 Å². The number of nitrogens with zero attached hydrogens (tertiary/aromatic N) is 2. The lowest BCUT2D eigenvalue weighted by atomic mass is 10.1. The molecule has 0 bridgehead atoms. The first kappa shape index (κ1) is 16.0. The van der Waals surface area contributed by atoms with E-state index in [0.29, 0.717) is 17.0 Å². The van der Waals surface area contributed by atoms with E-state index < -0.39 is 0 Å². The predicted octanol–water partition coefficient (Wildman–Crippen LogP) is 2.54. The fourth-order valence-electron chi connectivity index (χ4n) is 1.51. The zero-order valence-corrected chi connectivity index (χ0v) is 13.5. The number of oxime groups is 1. The van der Waals surface area contributed by atoms with Crippen molar-refractivity contribution in [1.82, 2.24) is 4.90 Å². The van der Waals surface area contributed by atoms with Gasteiger partial charge in [0.1, 0.15) is 5.84 Å². The summed E-state index contributed by atoms with van der Waals surface area (Å²) in [5.41, 5.74) is 5.95. The maximum absolute atomic E-state index is 12.2. The third kappa shape index (κ3) is 4.24. The number of hydrogen-bond donors (Lipinski definition) is 2. The first-order valence-corrected chi connectivity index (χ1v) is 7.01. The molecule has 0 radical (unpaired) electrons. The van der Waals surface area contributed by atoms with Gasteiger partial charge in [0.25, 0.3) is 5.91 Å². The second-order valence-corrected chi connectivity index (χ2v) is 5.76. The first-order valence-electron chi connectivity index (χ1n) is 5.55. The minimum Gasteiger partial charge on any atom is -0.409 e. The Hall–Kier alpha value is -1.02. The number of carbonyl (C=O) groups is 1. The van der Waals surface area contributed by atoms with Crippen molar-refractivity contribution in [2.75, 3.05) is 7.05 Å². The van der Waals surface area contributed by atoms with Crippen LogP contribution in [0.5, 0.6) is 0 Å². The quantitative estimate of drug-likeness (QED) is 0.270. The Morgan fingerprint density at radius 2 is 2.26 bits per heavy atom. The van der Waals surface area contributed by atoms with Gasteiger partial charge in [0.05, 0.1) is 5.02 Å². The third-order valence-corrected chi connectivity index (χ3v) is 4.35. The molecule has 1 atom stereocenters. The summed E-state index contributed by atoms with van der Waals surface area (Å²) in [4.78, 5) is 13.8. The highest BCUT2D eigenvalue weighted by Crippen LogP contribution is 2.20. The van der Waals surface area contributed by atoms with Crippen LogP contribution in [0.25, 0.3) is 0 Å². The van der Waals surface area contributed by atoms with Gasteiger partial charge in [0.15, 0.2) is 0 Å². The summed E-state index contributed by atoms with van der Waals surface area (Å²) < 4.78 is 0.892. The number of amides is 1. The van der Waals surface area contributed by atoms with Gasteiger partial charge in [0, 0.05) is 28.6 Å². The Morgan fingerprint density at radius 3 is 2.79 bits per heavy atom. The van der Waals surface area contributed by atoms with Crippen LogP contribution >= 0.6 is 34.2 Å². The van der Waals surface area contributed by atoms with Gasteiger partial charge < -0.3 is 15.8 Å². The molecule has 19 heavy (non-hydrogen) atoms. The van der Waals surface area contributed by atoms with Crippen LogP contribution in [0.3, 0.4) is 0 Å². The number of carbonyl (C=O) groups excluding carboxylic acids is 1. The molecule has 1 amide bonds. The molecule has 1 aromatic rings. The largest absolute Gasteiger partial charge is 0.409 e. The maximum atomic E-state index is 12.2. The van der Waals surface area contributed by atoms with Crippen LogP contribution in [0.2, 0.25) is 5.02 Å². The number of halogens is 2. The zero-order valence-electron chi connectivity index (χ0n) is 10.6. The van der Waals surface area contributed by atoms with E-state index in [1.807, 2.05) is 6.92 Å². The van der Waals surface area contributed by atoms with Crippen LogP contribution in [0, 0.1) is 3.57 Å². The maximum Gasteiger partial charge on any atom is 0.253 e. The van der Waals surface area contributed by atoms with Gasteiger partial charge in [-0.15, -0.1) is 0 Å². The minimum atomic E-state index is -0.179. The highest BCUT2D eigenvalue weighted by molar-refractivity contribution is 14.1. The van der Waals surface area contributed by atoms with Crippen molar-refractivity contribution in [1.29, 1.82) is 0 Å². The molecule has 1 unspecified atom stereocenters. The molecule has 0 aliphatic heterocycles. The Balaban J connectivity index is 2.84. The number of benzene rings is 1. The van der Waals surface area contributed by atoms with E-state index in [4.69, 9.17) is 22.5 Å². The molecule has 0 saturated carbocycles. The van der Waals surface area contributed by atoms with Gasteiger partial charge in [-0.05, 0) is 47.7 Å². The molecule has 0 spiro atoms. The van der Waals surface area contributed by atoms with Crippen LogP contribution in [-0.2, 0) is 0 Å². The van der Waals surface area contributed by atoms with Crippen LogP contribution < -0.4 is 5.73 Å². The molecule has 0 aliphatic rings. The Kier molecular flexibility index (Phi) is 5.86. The lowest BCUT2D eigenvalue weighted by molar-refractivity contribution is 0.0747. The van der Waals surface area contributed by atoms with Crippen LogP contribution in [-0.4, -0.2) is 34.9 Å². The summed E-state index contributed by atoms with van der Waals surface area (Å²) in [6.07, 6.45) is 0.302. The lowest BCUT2D eigenvalue weighted by Gasteiger charge is -2.24. The van der Waals surface area contributed by atoms with Gasteiger partial charge in [-0.25, -0.2) is 0 Å². The normalized spacial score (nSPS) is 13.2. The Bertz CT molecular complexity index is 508. The molecule has 0 fully saturated rings. The number of hydrogen-bond acceptors (Lipinski definition) is 3. The highest BCUT2D eigenvalue weighted by Gasteiger charge is 2.19. The molecule has 0 aliphatic carbocycles. The van der Waals surface area contributed by atoms with Gasteiger partial charge in [-0.2, -0.15) is 0 Å². The monoisotopic (exact) mass is 395 g/mol. The van der Waals surface area contributed by atoms with Crippen molar-refractivity contribution in [2.45, 2.75) is 19.4 Å². The standard InChI is InChI=1S/C12H15ClIN3O2/c1-7(5-11(15)16-19)17(2)12(18)8-3-4-10(14)9(13)6-8/h3-4,6-7,19H,5H2,1-2H3,(H2,15,16). The SMILES string of the molecule is CC(C/C(N)=N/O)N(C)C(=O)c1ccc(I)c(Cl)c1.